The molecule has 0 spiro atoms. The van der Waals surface area contributed by atoms with Crippen molar-refractivity contribution < 1.29 is 0 Å². The number of hydrogen-bond acceptors (Lipinski definition) is 4. The average molecular weight is 323 g/mol. The zero-order valence-electron chi connectivity index (χ0n) is 12.9. The highest BCUT2D eigenvalue weighted by molar-refractivity contribution is 7.80. The summed E-state index contributed by atoms with van der Waals surface area (Å²) in [6.07, 6.45) is 0. The second-order valence-electron chi connectivity index (χ2n) is 5.17. The molecule has 0 aliphatic carbocycles. The molecule has 2 aromatic carbocycles. The van der Waals surface area contributed by atoms with Crippen LogP contribution in [-0.2, 0) is 0 Å². The highest BCUT2D eigenvalue weighted by Gasteiger charge is 2.04. The zero-order valence-corrected chi connectivity index (χ0v) is 13.7. The molecule has 5 nitrogen and oxygen atoms in total. The Morgan fingerprint density at radius 3 is 2.30 bits per heavy atom. The second kappa shape index (κ2) is 6.58. The molecule has 116 valence electrons. The Bertz CT molecular complexity index is 848. The predicted molar refractivity (Wildman–Crippen MR) is 98.4 cm³/mol. The van der Waals surface area contributed by atoms with Gasteiger partial charge in [0.05, 0.1) is 28.1 Å². The maximum atomic E-state index is 5.28. The molecule has 0 aliphatic rings. The lowest BCUT2D eigenvalue weighted by Crippen LogP contribution is -2.33. The molecule has 0 atom stereocenters. The number of nitrogens with one attached hydrogen (secondary N) is 3. The fraction of sp³-hybridized carbons (Fsp3) is 0.118. The zero-order chi connectivity index (χ0) is 16.2. The topological polar surface area (TPSA) is 61.9 Å². The van der Waals surface area contributed by atoms with Crippen LogP contribution < -0.4 is 16.2 Å². The van der Waals surface area contributed by atoms with Crippen molar-refractivity contribution >= 4 is 39.7 Å². The molecule has 0 aliphatic heterocycles. The molecule has 0 radical (unpaired) electrons. The monoisotopic (exact) mass is 323 g/mol. The number of hydrazine groups is 1. The first kappa shape index (κ1) is 15.2. The van der Waals surface area contributed by atoms with E-state index in [0.717, 1.165) is 33.8 Å². The SMILES string of the molecule is Cc1nc2ccc(NC(=S)NNc3ccccc3)cc2nc1C. The van der Waals surface area contributed by atoms with Crippen LogP contribution in [0.2, 0.25) is 0 Å². The highest BCUT2D eigenvalue weighted by Crippen LogP contribution is 2.17. The lowest BCUT2D eigenvalue weighted by atomic mass is 10.2. The Balaban J connectivity index is 1.68. The van der Waals surface area contributed by atoms with E-state index in [1.54, 1.807) is 0 Å². The van der Waals surface area contributed by atoms with E-state index in [9.17, 15) is 0 Å². The van der Waals surface area contributed by atoms with E-state index in [-0.39, 0.29) is 0 Å². The first-order valence-electron chi connectivity index (χ1n) is 7.25. The summed E-state index contributed by atoms with van der Waals surface area (Å²) in [6.45, 7) is 3.92. The number of thiocarbonyl (C=S) groups is 1. The third-order valence-electron chi connectivity index (χ3n) is 3.43. The van der Waals surface area contributed by atoms with Crippen molar-refractivity contribution in [2.75, 3.05) is 10.7 Å². The number of nitrogens with zero attached hydrogens (tertiary/aromatic N) is 2. The molecule has 3 rings (SSSR count). The van der Waals surface area contributed by atoms with Crippen LogP contribution in [0.5, 0.6) is 0 Å². The highest BCUT2D eigenvalue weighted by atomic mass is 32.1. The molecule has 0 saturated heterocycles. The third kappa shape index (κ3) is 3.73. The van der Waals surface area contributed by atoms with E-state index < -0.39 is 0 Å². The first-order valence-corrected chi connectivity index (χ1v) is 7.66. The smallest absolute Gasteiger partial charge is 0.189 e. The second-order valence-corrected chi connectivity index (χ2v) is 5.58. The molecule has 0 bridgehead atoms. The third-order valence-corrected chi connectivity index (χ3v) is 3.63. The van der Waals surface area contributed by atoms with Gasteiger partial charge in [-0.3, -0.25) is 10.9 Å². The lowest BCUT2D eigenvalue weighted by molar-refractivity contribution is 1.10. The Hall–Kier alpha value is -2.73. The van der Waals surface area contributed by atoms with Crippen LogP contribution in [0.25, 0.3) is 11.0 Å². The van der Waals surface area contributed by atoms with Crippen LogP contribution in [0.4, 0.5) is 11.4 Å². The quantitative estimate of drug-likeness (QED) is 0.506. The number of aromatic nitrogens is 2. The van der Waals surface area contributed by atoms with Gasteiger partial charge in [-0.2, -0.15) is 0 Å². The standard InChI is InChI=1S/C17H17N5S/c1-11-12(2)19-16-10-14(8-9-15(16)18-11)20-17(23)22-21-13-6-4-3-5-7-13/h3-10,21H,1-2H3,(H2,20,22,23). The summed E-state index contributed by atoms with van der Waals surface area (Å²) in [5.74, 6) is 0. The number of para-hydroxylation sites is 1. The van der Waals surface area contributed by atoms with E-state index >= 15 is 0 Å². The molecule has 0 amide bonds. The van der Waals surface area contributed by atoms with Gasteiger partial charge in [0.25, 0.3) is 0 Å². The summed E-state index contributed by atoms with van der Waals surface area (Å²) in [4.78, 5) is 9.08. The molecule has 3 aromatic rings. The van der Waals surface area contributed by atoms with Gasteiger partial charge in [0.15, 0.2) is 5.11 Å². The largest absolute Gasteiger partial charge is 0.331 e. The van der Waals surface area contributed by atoms with Gasteiger partial charge in [-0.25, -0.2) is 9.97 Å². The first-order chi connectivity index (χ1) is 11.1. The summed E-state index contributed by atoms with van der Waals surface area (Å²) in [6, 6.07) is 15.6. The van der Waals surface area contributed by atoms with Gasteiger partial charge in [-0.15, -0.1) is 0 Å². The van der Waals surface area contributed by atoms with Crippen LogP contribution >= 0.6 is 12.2 Å². The Morgan fingerprint density at radius 1 is 0.870 bits per heavy atom. The van der Waals surface area contributed by atoms with Crippen molar-refractivity contribution in [3.05, 3.63) is 59.9 Å². The van der Waals surface area contributed by atoms with Crippen molar-refractivity contribution in [2.24, 2.45) is 0 Å². The van der Waals surface area contributed by atoms with Crippen molar-refractivity contribution in [1.29, 1.82) is 0 Å². The number of hydrogen-bond donors (Lipinski definition) is 3. The van der Waals surface area contributed by atoms with Gasteiger partial charge < -0.3 is 5.32 Å². The van der Waals surface area contributed by atoms with E-state index in [1.807, 2.05) is 62.4 Å². The normalized spacial score (nSPS) is 10.3. The number of fused-ring (bicyclic) bond motifs is 1. The minimum atomic E-state index is 0.477. The molecular formula is C17H17N5S. The van der Waals surface area contributed by atoms with Crippen LogP contribution in [0.1, 0.15) is 11.4 Å². The Labute approximate surface area is 140 Å². The minimum absolute atomic E-state index is 0.477. The molecule has 1 aromatic heterocycles. The molecule has 23 heavy (non-hydrogen) atoms. The van der Waals surface area contributed by atoms with Crippen molar-refractivity contribution in [3.8, 4) is 0 Å². The predicted octanol–water partition coefficient (Wildman–Crippen LogP) is 3.56. The van der Waals surface area contributed by atoms with Crippen molar-refractivity contribution in [3.63, 3.8) is 0 Å². The fourth-order valence-corrected chi connectivity index (χ4v) is 2.29. The molecule has 0 saturated carbocycles. The number of benzene rings is 2. The Morgan fingerprint density at radius 2 is 1.57 bits per heavy atom. The number of aryl methyl sites for hydroxylation is 2. The molecule has 0 fully saturated rings. The summed E-state index contributed by atoms with van der Waals surface area (Å²) in [7, 11) is 0. The van der Waals surface area contributed by atoms with Gasteiger partial charge in [0.2, 0.25) is 0 Å². The van der Waals surface area contributed by atoms with E-state index in [2.05, 4.69) is 26.1 Å². The molecular weight excluding hydrogens is 306 g/mol. The van der Waals surface area contributed by atoms with Gasteiger partial charge in [-0.1, -0.05) is 18.2 Å². The van der Waals surface area contributed by atoms with Crippen LogP contribution in [0, 0.1) is 13.8 Å². The maximum Gasteiger partial charge on any atom is 0.189 e. The van der Waals surface area contributed by atoms with Gasteiger partial charge >= 0.3 is 0 Å². The van der Waals surface area contributed by atoms with Gasteiger partial charge in [0.1, 0.15) is 0 Å². The van der Waals surface area contributed by atoms with Crippen LogP contribution in [0.3, 0.4) is 0 Å². The fourth-order valence-electron chi connectivity index (χ4n) is 2.12. The summed E-state index contributed by atoms with van der Waals surface area (Å²) in [5.41, 5.74) is 11.4. The Kier molecular flexibility index (Phi) is 4.34. The molecule has 0 unspecified atom stereocenters. The van der Waals surface area contributed by atoms with Crippen molar-refractivity contribution in [1.82, 2.24) is 15.4 Å². The van der Waals surface area contributed by atoms with Gasteiger partial charge in [-0.05, 0) is 56.4 Å². The molecule has 3 N–H and O–H groups in total. The lowest BCUT2D eigenvalue weighted by Gasteiger charge is -2.13. The van der Waals surface area contributed by atoms with Crippen LogP contribution in [-0.4, -0.2) is 15.1 Å². The number of anilines is 2. The number of rotatable bonds is 3. The molecule has 6 heteroatoms. The average Bonchev–Trinajstić information content (AvgIpc) is 2.55. The maximum absolute atomic E-state index is 5.28. The van der Waals surface area contributed by atoms with Gasteiger partial charge in [0, 0.05) is 5.69 Å². The minimum Gasteiger partial charge on any atom is -0.331 e. The van der Waals surface area contributed by atoms with Crippen LogP contribution in [0.15, 0.2) is 48.5 Å². The van der Waals surface area contributed by atoms with Crippen molar-refractivity contribution in [2.45, 2.75) is 13.8 Å². The summed E-state index contributed by atoms with van der Waals surface area (Å²) < 4.78 is 0. The van der Waals surface area contributed by atoms with E-state index in [1.165, 1.54) is 0 Å². The molecule has 1 heterocycles. The summed E-state index contributed by atoms with van der Waals surface area (Å²) >= 11 is 5.28. The van der Waals surface area contributed by atoms with E-state index in [4.69, 9.17) is 12.2 Å². The van der Waals surface area contributed by atoms with E-state index in [0.29, 0.717) is 5.11 Å². The summed E-state index contributed by atoms with van der Waals surface area (Å²) in [5, 5.41) is 3.61.